The average Bonchev–Trinajstić information content (AvgIpc) is 2.43. The molecule has 0 radical (unpaired) electrons. The maximum absolute atomic E-state index is 13.6. The summed E-state index contributed by atoms with van der Waals surface area (Å²) in [6.45, 7) is 6.74. The van der Waals surface area contributed by atoms with E-state index in [9.17, 15) is 4.39 Å². The molecule has 1 unspecified atom stereocenters. The van der Waals surface area contributed by atoms with Gasteiger partial charge in [0, 0.05) is 22.1 Å². The summed E-state index contributed by atoms with van der Waals surface area (Å²) >= 11 is 3.45. The van der Waals surface area contributed by atoms with Crippen molar-refractivity contribution in [2.75, 3.05) is 6.54 Å². The van der Waals surface area contributed by atoms with Crippen LogP contribution in [0.3, 0.4) is 0 Å². The minimum atomic E-state index is -0.260. The molecule has 4 heteroatoms. The van der Waals surface area contributed by atoms with Gasteiger partial charge in [-0.2, -0.15) is 0 Å². The molecule has 1 atom stereocenters. The zero-order chi connectivity index (χ0) is 15.4. The number of halogens is 2. The summed E-state index contributed by atoms with van der Waals surface area (Å²) < 4.78 is 20.5. The van der Waals surface area contributed by atoms with Crippen molar-refractivity contribution in [1.82, 2.24) is 5.32 Å². The fourth-order valence-electron chi connectivity index (χ4n) is 2.13. The maximum atomic E-state index is 13.6. The van der Waals surface area contributed by atoms with Gasteiger partial charge in [0.25, 0.3) is 0 Å². The van der Waals surface area contributed by atoms with Crippen LogP contribution in [-0.2, 0) is 0 Å². The lowest BCUT2D eigenvalue weighted by atomic mass is 10.1. The number of aryl methyl sites for hydroxylation is 1. The number of ether oxygens (including phenoxy) is 1. The first-order valence-electron chi connectivity index (χ1n) is 6.98. The number of rotatable bonds is 5. The summed E-state index contributed by atoms with van der Waals surface area (Å²) in [5.74, 6) is 0.964. The van der Waals surface area contributed by atoms with Crippen LogP contribution in [0.15, 0.2) is 40.9 Å². The third kappa shape index (κ3) is 4.05. The lowest BCUT2D eigenvalue weighted by Gasteiger charge is -2.18. The summed E-state index contributed by atoms with van der Waals surface area (Å²) in [5.41, 5.74) is 1.65. The molecule has 0 amide bonds. The Morgan fingerprint density at radius 3 is 2.67 bits per heavy atom. The van der Waals surface area contributed by atoms with Crippen molar-refractivity contribution in [3.05, 3.63) is 57.8 Å². The van der Waals surface area contributed by atoms with E-state index < -0.39 is 0 Å². The maximum Gasteiger partial charge on any atom is 0.133 e. The Morgan fingerprint density at radius 1 is 1.24 bits per heavy atom. The van der Waals surface area contributed by atoms with Crippen LogP contribution in [-0.4, -0.2) is 6.54 Å². The predicted molar refractivity (Wildman–Crippen MR) is 87.4 cm³/mol. The smallest absolute Gasteiger partial charge is 0.133 e. The fraction of sp³-hybridized carbons (Fsp3) is 0.294. The van der Waals surface area contributed by atoms with E-state index >= 15 is 0 Å². The van der Waals surface area contributed by atoms with Gasteiger partial charge < -0.3 is 10.1 Å². The van der Waals surface area contributed by atoms with Gasteiger partial charge in [0.15, 0.2) is 0 Å². The highest BCUT2D eigenvalue weighted by molar-refractivity contribution is 9.10. The molecule has 0 aromatic heterocycles. The van der Waals surface area contributed by atoms with Crippen LogP contribution in [0.25, 0.3) is 0 Å². The fourth-order valence-corrected chi connectivity index (χ4v) is 2.47. The van der Waals surface area contributed by atoms with Crippen LogP contribution in [0.5, 0.6) is 11.5 Å². The van der Waals surface area contributed by atoms with Gasteiger partial charge in [0.2, 0.25) is 0 Å². The molecule has 0 bridgehead atoms. The molecular formula is C17H19BrFNO. The summed E-state index contributed by atoms with van der Waals surface area (Å²) in [5, 5.41) is 3.36. The second kappa shape index (κ2) is 7.05. The molecule has 2 aromatic carbocycles. The lowest BCUT2D eigenvalue weighted by Crippen LogP contribution is -2.18. The lowest BCUT2D eigenvalue weighted by molar-refractivity contribution is 0.458. The van der Waals surface area contributed by atoms with Gasteiger partial charge in [-0.3, -0.25) is 0 Å². The van der Waals surface area contributed by atoms with E-state index in [1.165, 1.54) is 6.07 Å². The Morgan fingerprint density at radius 2 is 2.00 bits per heavy atom. The molecule has 0 saturated heterocycles. The Bertz CT molecular complexity index is 630. The molecule has 21 heavy (non-hydrogen) atoms. The van der Waals surface area contributed by atoms with Crippen molar-refractivity contribution in [1.29, 1.82) is 0 Å². The van der Waals surface area contributed by atoms with Crippen LogP contribution >= 0.6 is 15.9 Å². The first-order chi connectivity index (χ1) is 10.0. The third-order valence-electron chi connectivity index (χ3n) is 3.32. The van der Waals surface area contributed by atoms with Gasteiger partial charge in [-0.15, -0.1) is 0 Å². The zero-order valence-electron chi connectivity index (χ0n) is 12.4. The first kappa shape index (κ1) is 16.0. The third-order valence-corrected chi connectivity index (χ3v) is 3.82. The molecule has 0 aliphatic carbocycles. The van der Waals surface area contributed by atoms with E-state index in [1.54, 1.807) is 19.1 Å². The second-order valence-corrected chi connectivity index (χ2v) is 5.89. The minimum Gasteiger partial charge on any atom is -0.457 e. The van der Waals surface area contributed by atoms with Crippen LogP contribution in [0, 0.1) is 12.7 Å². The molecule has 2 aromatic rings. The molecule has 0 fully saturated rings. The normalized spacial score (nSPS) is 12.2. The molecule has 0 heterocycles. The van der Waals surface area contributed by atoms with Gasteiger partial charge in [0.1, 0.15) is 17.3 Å². The quantitative estimate of drug-likeness (QED) is 0.782. The van der Waals surface area contributed by atoms with E-state index in [1.807, 2.05) is 18.2 Å². The zero-order valence-corrected chi connectivity index (χ0v) is 14.0. The van der Waals surface area contributed by atoms with Crippen molar-refractivity contribution < 1.29 is 9.13 Å². The molecule has 0 spiro atoms. The van der Waals surface area contributed by atoms with Crippen molar-refractivity contribution in [2.24, 2.45) is 0 Å². The van der Waals surface area contributed by atoms with Gasteiger partial charge in [-0.1, -0.05) is 35.0 Å². The highest BCUT2D eigenvalue weighted by Crippen LogP contribution is 2.32. The standard InChI is InChI=1S/C17H19BrFNO/c1-4-20-12(3)15-8-6-13(18)9-17(15)21-14-7-5-11(2)16(19)10-14/h5-10,12,20H,4H2,1-3H3. The van der Waals surface area contributed by atoms with Gasteiger partial charge in [0.05, 0.1) is 0 Å². The average molecular weight is 352 g/mol. The number of hydrogen-bond acceptors (Lipinski definition) is 2. The molecule has 2 rings (SSSR count). The van der Waals surface area contributed by atoms with E-state index in [4.69, 9.17) is 4.74 Å². The number of benzene rings is 2. The predicted octanol–water partition coefficient (Wildman–Crippen LogP) is 5.36. The van der Waals surface area contributed by atoms with E-state index in [2.05, 4.69) is 35.1 Å². The van der Waals surface area contributed by atoms with Crippen LogP contribution in [0.4, 0.5) is 4.39 Å². The molecule has 0 saturated carbocycles. The number of nitrogens with one attached hydrogen (secondary N) is 1. The van der Waals surface area contributed by atoms with Crippen molar-refractivity contribution in [3.8, 4) is 11.5 Å². The largest absolute Gasteiger partial charge is 0.457 e. The second-order valence-electron chi connectivity index (χ2n) is 4.97. The van der Waals surface area contributed by atoms with Crippen LogP contribution < -0.4 is 10.1 Å². The van der Waals surface area contributed by atoms with E-state index in [0.717, 1.165) is 22.3 Å². The monoisotopic (exact) mass is 351 g/mol. The van der Waals surface area contributed by atoms with E-state index in [-0.39, 0.29) is 11.9 Å². The molecular weight excluding hydrogens is 333 g/mol. The van der Waals surface area contributed by atoms with Crippen LogP contribution in [0.1, 0.15) is 31.0 Å². The molecule has 2 nitrogen and oxygen atoms in total. The topological polar surface area (TPSA) is 21.3 Å². The molecule has 1 N–H and O–H groups in total. The molecule has 0 aliphatic rings. The molecule has 112 valence electrons. The van der Waals surface area contributed by atoms with Crippen molar-refractivity contribution in [3.63, 3.8) is 0 Å². The van der Waals surface area contributed by atoms with Gasteiger partial charge >= 0.3 is 0 Å². The summed E-state index contributed by atoms with van der Waals surface area (Å²) in [4.78, 5) is 0. The highest BCUT2D eigenvalue weighted by atomic mass is 79.9. The Kier molecular flexibility index (Phi) is 5.37. The van der Waals surface area contributed by atoms with Crippen LogP contribution in [0.2, 0.25) is 0 Å². The van der Waals surface area contributed by atoms with Gasteiger partial charge in [-0.25, -0.2) is 4.39 Å². The van der Waals surface area contributed by atoms with Crippen molar-refractivity contribution >= 4 is 15.9 Å². The SMILES string of the molecule is CCNC(C)c1ccc(Br)cc1Oc1ccc(C)c(F)c1. The summed E-state index contributed by atoms with van der Waals surface area (Å²) in [7, 11) is 0. The van der Waals surface area contributed by atoms with Crippen molar-refractivity contribution in [2.45, 2.75) is 26.8 Å². The Hall–Kier alpha value is -1.39. The summed E-state index contributed by atoms with van der Waals surface area (Å²) in [6.07, 6.45) is 0. The van der Waals surface area contributed by atoms with E-state index in [0.29, 0.717) is 11.3 Å². The number of hydrogen-bond donors (Lipinski definition) is 1. The molecule has 0 aliphatic heterocycles. The Labute approximate surface area is 133 Å². The Balaban J connectivity index is 2.33. The first-order valence-corrected chi connectivity index (χ1v) is 7.77. The minimum absolute atomic E-state index is 0.161. The van der Waals surface area contributed by atoms with Gasteiger partial charge in [-0.05, 0) is 44.2 Å². The highest BCUT2D eigenvalue weighted by Gasteiger charge is 2.12. The summed E-state index contributed by atoms with van der Waals surface area (Å²) in [6, 6.07) is 11.0.